The van der Waals surface area contributed by atoms with Crippen LogP contribution in [0.4, 0.5) is 23.4 Å². The zero-order valence-electron chi connectivity index (χ0n) is 24.9. The number of pyridine rings is 1. The first-order valence-corrected chi connectivity index (χ1v) is 15.9. The monoisotopic (exact) mass is 661 g/mol. The van der Waals surface area contributed by atoms with Gasteiger partial charge >= 0.3 is 6.01 Å². The summed E-state index contributed by atoms with van der Waals surface area (Å²) in [5.74, 6) is -3.57. The number of nitrogens with one attached hydrogen (secondary N) is 1. The topological polar surface area (TPSA) is 102 Å². The number of hydrogen-bond acceptors (Lipinski definition) is 9. The average molecular weight is 662 g/mol. The Bertz CT molecular complexity index is 1810. The molecule has 5 aliphatic rings. The molecular weight excluding hydrogens is 630 g/mol. The zero-order valence-corrected chi connectivity index (χ0v) is 25.6. The van der Waals surface area contributed by atoms with Crippen molar-refractivity contribution in [2.24, 2.45) is 0 Å². The van der Waals surface area contributed by atoms with Crippen LogP contribution in [0.3, 0.4) is 0 Å². The maximum atomic E-state index is 16.9. The van der Waals surface area contributed by atoms with Crippen molar-refractivity contribution >= 4 is 39.2 Å². The van der Waals surface area contributed by atoms with Gasteiger partial charge in [-0.15, -0.1) is 0 Å². The van der Waals surface area contributed by atoms with E-state index in [2.05, 4.69) is 25.1 Å². The van der Waals surface area contributed by atoms with Gasteiger partial charge in [-0.25, -0.2) is 17.6 Å². The maximum absolute atomic E-state index is 16.9. The predicted molar refractivity (Wildman–Crippen MR) is 162 cm³/mol. The van der Waals surface area contributed by atoms with E-state index < -0.39 is 42.6 Å². The predicted octanol–water partition coefficient (Wildman–Crippen LogP) is 5.12. The standard InChI is InChI=1S/C31H32ClF4N7O3/c32-22-8-23-20(11-38-41-23)24-19(22)2-4-31(35,36)16-44-14-18-13-42(6-7-45-18)28-21-10-37-27(24)25(34)26(21)39-29(40-28)46-15-30-3-1-5-43(30)12-17(33)9-30/h8,10-11,17-18H,1-7,9,12-16H2,(H,38,41)/t17-,18-,30+/m1/s1. The molecule has 8 heterocycles. The van der Waals surface area contributed by atoms with Crippen molar-refractivity contribution in [3.8, 4) is 17.3 Å². The maximum Gasteiger partial charge on any atom is 0.319 e. The smallest absolute Gasteiger partial charge is 0.319 e. The van der Waals surface area contributed by atoms with Crippen LogP contribution in [0.5, 0.6) is 6.01 Å². The summed E-state index contributed by atoms with van der Waals surface area (Å²) >= 11 is 6.65. The Labute approximate surface area is 266 Å². The van der Waals surface area contributed by atoms with Gasteiger partial charge in [-0.1, -0.05) is 11.6 Å². The fourth-order valence-corrected chi connectivity index (χ4v) is 7.80. The minimum atomic E-state index is -3.18. The number of benzene rings is 1. The Balaban J connectivity index is 1.29. The first kappa shape index (κ1) is 30.0. The number of nitrogens with zero attached hydrogens (tertiary/aromatic N) is 6. The van der Waals surface area contributed by atoms with Gasteiger partial charge in [0.1, 0.15) is 36.4 Å². The largest absolute Gasteiger partial charge is 0.461 e. The number of aromatic nitrogens is 5. The normalized spacial score (nSPS) is 26.7. The lowest BCUT2D eigenvalue weighted by Crippen LogP contribution is -2.45. The lowest BCUT2D eigenvalue weighted by atomic mass is 9.94. The Morgan fingerprint density at radius 1 is 1.13 bits per heavy atom. The molecule has 46 heavy (non-hydrogen) atoms. The third kappa shape index (κ3) is 5.23. The second-order valence-electron chi connectivity index (χ2n) is 12.7. The number of alkyl halides is 3. The molecule has 3 saturated heterocycles. The molecule has 0 unspecified atom stereocenters. The number of morpholine rings is 1. The van der Waals surface area contributed by atoms with Gasteiger partial charge in [0.25, 0.3) is 5.92 Å². The first-order valence-electron chi connectivity index (χ1n) is 15.5. The van der Waals surface area contributed by atoms with Crippen LogP contribution >= 0.6 is 11.6 Å². The van der Waals surface area contributed by atoms with Crippen LogP contribution in [-0.2, 0) is 15.9 Å². The number of H-pyrrole nitrogens is 1. The molecule has 4 aromatic rings. The van der Waals surface area contributed by atoms with E-state index in [1.165, 1.54) is 12.4 Å². The van der Waals surface area contributed by atoms with Crippen molar-refractivity contribution in [1.82, 2.24) is 30.0 Å². The molecule has 3 aromatic heterocycles. The Hall–Kier alpha value is -3.33. The zero-order chi connectivity index (χ0) is 31.6. The molecule has 0 radical (unpaired) electrons. The molecule has 15 heteroatoms. The molecule has 1 aromatic carbocycles. The summed E-state index contributed by atoms with van der Waals surface area (Å²) in [5, 5.41) is 7.93. The van der Waals surface area contributed by atoms with Crippen molar-refractivity contribution in [1.29, 1.82) is 0 Å². The van der Waals surface area contributed by atoms with Crippen LogP contribution in [0.25, 0.3) is 33.1 Å². The minimum absolute atomic E-state index is 0.0399. The molecule has 0 saturated carbocycles. The van der Waals surface area contributed by atoms with Crippen LogP contribution in [0.15, 0.2) is 18.5 Å². The molecule has 9 rings (SSSR count). The quantitative estimate of drug-likeness (QED) is 0.300. The summed E-state index contributed by atoms with van der Waals surface area (Å²) in [5.41, 5.74) is 0.471. The van der Waals surface area contributed by atoms with E-state index >= 15 is 13.2 Å². The lowest BCUT2D eigenvalue weighted by molar-refractivity contribution is -0.105. The molecule has 0 amide bonds. The van der Waals surface area contributed by atoms with E-state index in [1.54, 1.807) is 6.07 Å². The van der Waals surface area contributed by atoms with Gasteiger partial charge in [0.05, 0.1) is 42.0 Å². The molecule has 244 valence electrons. The molecule has 5 aliphatic heterocycles. The summed E-state index contributed by atoms with van der Waals surface area (Å²) in [6, 6.07) is 1.55. The second-order valence-corrected chi connectivity index (χ2v) is 13.1. The fraction of sp³-hybridized carbons (Fsp3) is 0.548. The summed E-state index contributed by atoms with van der Waals surface area (Å²) in [4.78, 5) is 17.8. The van der Waals surface area contributed by atoms with E-state index in [-0.39, 0.29) is 60.6 Å². The molecular formula is C31H32ClF4N7O3. The van der Waals surface area contributed by atoms with Crippen LogP contribution < -0.4 is 9.64 Å². The highest BCUT2D eigenvalue weighted by Crippen LogP contribution is 2.42. The van der Waals surface area contributed by atoms with E-state index in [4.69, 9.17) is 30.8 Å². The molecule has 10 nitrogen and oxygen atoms in total. The number of fused-ring (bicyclic) bond motifs is 8. The second kappa shape index (κ2) is 11.4. The van der Waals surface area contributed by atoms with Crippen LogP contribution in [0.2, 0.25) is 5.02 Å². The lowest BCUT2D eigenvalue weighted by Gasteiger charge is -2.34. The van der Waals surface area contributed by atoms with Crippen molar-refractivity contribution in [3.05, 3.63) is 34.9 Å². The Morgan fingerprint density at radius 3 is 2.91 bits per heavy atom. The first-order chi connectivity index (χ1) is 22.2. The van der Waals surface area contributed by atoms with E-state index in [9.17, 15) is 4.39 Å². The molecule has 0 spiro atoms. The van der Waals surface area contributed by atoms with Crippen molar-refractivity contribution in [2.45, 2.75) is 55.8 Å². The van der Waals surface area contributed by atoms with E-state index in [0.717, 1.165) is 19.4 Å². The van der Waals surface area contributed by atoms with Crippen molar-refractivity contribution in [3.63, 3.8) is 0 Å². The molecule has 1 N–H and O–H groups in total. The third-order valence-electron chi connectivity index (χ3n) is 9.71. The number of hydrogen-bond donors (Lipinski definition) is 1. The summed E-state index contributed by atoms with van der Waals surface area (Å²) < 4.78 is 79.0. The fourth-order valence-electron chi connectivity index (χ4n) is 7.50. The Morgan fingerprint density at radius 2 is 2.02 bits per heavy atom. The molecule has 3 fully saturated rings. The van der Waals surface area contributed by atoms with E-state index in [1.807, 2.05) is 4.90 Å². The minimum Gasteiger partial charge on any atom is -0.461 e. The Kier molecular flexibility index (Phi) is 7.46. The highest BCUT2D eigenvalue weighted by Gasteiger charge is 2.49. The molecule has 3 atom stereocenters. The van der Waals surface area contributed by atoms with Crippen molar-refractivity contribution in [2.75, 3.05) is 57.5 Å². The van der Waals surface area contributed by atoms with Crippen LogP contribution in [0.1, 0.15) is 31.2 Å². The summed E-state index contributed by atoms with van der Waals surface area (Å²) in [6.45, 7) is 1.40. The number of halogens is 5. The number of ether oxygens (including phenoxy) is 3. The number of rotatable bonds is 3. The van der Waals surface area contributed by atoms with E-state index in [0.29, 0.717) is 47.2 Å². The third-order valence-corrected chi connectivity index (χ3v) is 10.0. The van der Waals surface area contributed by atoms with Gasteiger partial charge in [-0.3, -0.25) is 15.0 Å². The average Bonchev–Trinajstić information content (AvgIpc) is 3.73. The number of aromatic amines is 1. The van der Waals surface area contributed by atoms with Gasteiger partial charge in [0.2, 0.25) is 0 Å². The number of anilines is 1. The van der Waals surface area contributed by atoms with Crippen molar-refractivity contribution < 1.29 is 31.8 Å². The summed E-state index contributed by atoms with van der Waals surface area (Å²) in [7, 11) is 0. The van der Waals surface area contributed by atoms with Crippen LogP contribution in [0, 0.1) is 5.82 Å². The highest BCUT2D eigenvalue weighted by molar-refractivity contribution is 6.33. The SMILES string of the molecule is Fc1c2ncc3c(nc(OC[C@@]45CCCN4C[C@H](F)C5)nc13)N1CCO[C@@H](COCC(F)(F)CCc3c(Cl)cc4[nH]ncc4c3-2)C1. The van der Waals surface area contributed by atoms with Gasteiger partial charge in [0, 0.05) is 54.6 Å². The highest BCUT2D eigenvalue weighted by atomic mass is 35.5. The summed E-state index contributed by atoms with van der Waals surface area (Å²) in [6.07, 6.45) is 2.86. The van der Waals surface area contributed by atoms with Gasteiger partial charge in [-0.05, 0) is 37.4 Å². The molecule has 6 bridgehead atoms. The van der Waals surface area contributed by atoms with Gasteiger partial charge < -0.3 is 19.1 Å². The van der Waals surface area contributed by atoms with Crippen LogP contribution in [-0.4, -0.2) is 106 Å². The molecule has 0 aliphatic carbocycles. The van der Waals surface area contributed by atoms with Gasteiger partial charge in [0.15, 0.2) is 5.82 Å². The van der Waals surface area contributed by atoms with Gasteiger partial charge in [-0.2, -0.15) is 15.1 Å².